The zero-order chi connectivity index (χ0) is 37.5. The van der Waals surface area contributed by atoms with Crippen molar-refractivity contribution in [2.75, 3.05) is 11.9 Å². The molecular formula is C37H40F2N8O5S. The molecule has 0 spiro atoms. The summed E-state index contributed by atoms with van der Waals surface area (Å²) in [6, 6.07) is 10.1. The van der Waals surface area contributed by atoms with Crippen molar-refractivity contribution in [1.29, 1.82) is 0 Å². The Morgan fingerprint density at radius 3 is 2.51 bits per heavy atom. The Balaban J connectivity index is 1.16. The zero-order valence-electron chi connectivity index (χ0n) is 29.5. The number of thiazole rings is 1. The van der Waals surface area contributed by atoms with Gasteiger partial charge in [-0.3, -0.25) is 14.3 Å². The number of amides is 2. The Bertz CT molecular complexity index is 2040. The van der Waals surface area contributed by atoms with Gasteiger partial charge in [-0.25, -0.2) is 23.8 Å². The summed E-state index contributed by atoms with van der Waals surface area (Å²) in [5.41, 5.74) is 1.15. The van der Waals surface area contributed by atoms with Gasteiger partial charge in [0.25, 0.3) is 11.8 Å². The first-order valence-corrected chi connectivity index (χ1v) is 18.3. The van der Waals surface area contributed by atoms with Crippen LogP contribution in [0.5, 0.6) is 0 Å². The van der Waals surface area contributed by atoms with Gasteiger partial charge in [0.05, 0.1) is 24.0 Å². The molecular weight excluding hydrogens is 707 g/mol. The fraction of sp³-hybridized carbons (Fsp3) is 0.378. The predicted octanol–water partition coefficient (Wildman–Crippen LogP) is 7.30. The van der Waals surface area contributed by atoms with Crippen molar-refractivity contribution in [3.8, 4) is 22.0 Å². The zero-order valence-corrected chi connectivity index (χ0v) is 30.3. The third-order valence-corrected chi connectivity index (χ3v) is 9.63. The standard InChI is InChI=1S/C37H40F2N8O5S/c1-4-51-26-12-10-25(11-13-26)46-19-29(33(45-46)32-27(38)14-15-31(39)44-32)41-34(48)30-21-53-35(42-30)24-17-40-47(18-24)36(49)28(16-22(2)3)43-37(50)52-20-23-8-6-5-7-9-23/h5-9,14-15,17-19,21-22,25-26,28H,4,10-13,16,20H2,1-3H3,(H,41,48)(H,43,50)/t25-,26-,28-/m0/s1. The van der Waals surface area contributed by atoms with Gasteiger partial charge in [-0.15, -0.1) is 11.3 Å². The normalized spacial score (nSPS) is 16.3. The van der Waals surface area contributed by atoms with E-state index in [4.69, 9.17) is 9.47 Å². The van der Waals surface area contributed by atoms with E-state index in [0.717, 1.165) is 59.4 Å². The molecule has 1 atom stereocenters. The van der Waals surface area contributed by atoms with Crippen molar-refractivity contribution in [2.24, 2.45) is 5.92 Å². The number of benzene rings is 1. The molecule has 1 saturated carbocycles. The summed E-state index contributed by atoms with van der Waals surface area (Å²) >= 11 is 1.16. The predicted molar refractivity (Wildman–Crippen MR) is 193 cm³/mol. The quantitative estimate of drug-likeness (QED) is 0.118. The van der Waals surface area contributed by atoms with E-state index in [1.165, 1.54) is 17.8 Å². The van der Waals surface area contributed by atoms with Gasteiger partial charge in [-0.05, 0) is 62.6 Å². The first-order valence-electron chi connectivity index (χ1n) is 17.4. The number of carbonyl (C=O) groups excluding carboxylic acids is 3. The van der Waals surface area contributed by atoms with Crippen LogP contribution >= 0.6 is 11.3 Å². The number of hydrogen-bond donors (Lipinski definition) is 2. The van der Waals surface area contributed by atoms with Crippen LogP contribution in [0.3, 0.4) is 0 Å². The highest BCUT2D eigenvalue weighted by Gasteiger charge is 2.28. The van der Waals surface area contributed by atoms with E-state index in [1.54, 1.807) is 10.9 Å². The number of carbonyl (C=O) groups is 3. The third kappa shape index (κ3) is 9.37. The van der Waals surface area contributed by atoms with Gasteiger partial charge in [0.2, 0.25) is 5.95 Å². The lowest BCUT2D eigenvalue weighted by Crippen LogP contribution is -2.44. The van der Waals surface area contributed by atoms with Gasteiger partial charge in [-0.2, -0.15) is 14.6 Å². The molecule has 13 nitrogen and oxygen atoms in total. The Morgan fingerprint density at radius 2 is 1.77 bits per heavy atom. The van der Waals surface area contributed by atoms with E-state index in [1.807, 2.05) is 51.1 Å². The summed E-state index contributed by atoms with van der Waals surface area (Å²) in [5.74, 6) is -2.67. The molecule has 1 fully saturated rings. The number of halogens is 2. The molecule has 2 N–H and O–H groups in total. The number of rotatable bonds is 13. The number of ether oxygens (including phenoxy) is 2. The van der Waals surface area contributed by atoms with Crippen molar-refractivity contribution in [3.05, 3.63) is 89.5 Å². The van der Waals surface area contributed by atoms with Crippen molar-refractivity contribution < 1.29 is 32.6 Å². The van der Waals surface area contributed by atoms with Crippen molar-refractivity contribution in [1.82, 2.24) is 34.8 Å². The number of pyridine rings is 1. The number of aromatic nitrogens is 6. The van der Waals surface area contributed by atoms with Gasteiger partial charge in [0, 0.05) is 29.9 Å². The topological polar surface area (TPSA) is 155 Å². The van der Waals surface area contributed by atoms with E-state index >= 15 is 0 Å². The minimum Gasteiger partial charge on any atom is -0.445 e. The molecule has 5 aromatic rings. The lowest BCUT2D eigenvalue weighted by molar-refractivity contribution is 0.0260. The summed E-state index contributed by atoms with van der Waals surface area (Å²) in [6.07, 6.45) is 7.47. The second-order valence-electron chi connectivity index (χ2n) is 13.1. The minimum atomic E-state index is -0.907. The van der Waals surface area contributed by atoms with E-state index in [0.29, 0.717) is 23.6 Å². The monoisotopic (exact) mass is 746 g/mol. The van der Waals surface area contributed by atoms with Gasteiger partial charge in [-0.1, -0.05) is 44.2 Å². The van der Waals surface area contributed by atoms with Gasteiger partial charge in [0.15, 0.2) is 5.82 Å². The highest BCUT2D eigenvalue weighted by molar-refractivity contribution is 7.13. The average molecular weight is 747 g/mol. The van der Waals surface area contributed by atoms with Crippen LogP contribution in [0.1, 0.15) is 79.8 Å². The maximum Gasteiger partial charge on any atom is 0.408 e. The SMILES string of the molecule is CCO[C@H]1CC[C@H](n2cc(NC(=O)c3csc(-c4cnn(C(=O)[C@H](CC(C)C)NC(=O)OCc5ccccc5)c4)n3)c(-c3nc(F)ccc3F)n2)CC1. The molecule has 53 heavy (non-hydrogen) atoms. The average Bonchev–Trinajstić information content (AvgIpc) is 3.93. The molecule has 1 aliphatic carbocycles. The van der Waals surface area contributed by atoms with Crippen LogP contribution in [0.15, 0.2) is 66.4 Å². The molecule has 2 amide bonds. The minimum absolute atomic E-state index is 0.00830. The number of anilines is 1. The molecule has 4 aromatic heterocycles. The van der Waals surface area contributed by atoms with Crippen molar-refractivity contribution in [2.45, 2.75) is 77.7 Å². The molecule has 0 aliphatic heterocycles. The van der Waals surface area contributed by atoms with Crippen LogP contribution < -0.4 is 10.6 Å². The van der Waals surface area contributed by atoms with Gasteiger partial charge in [0.1, 0.15) is 34.7 Å². The molecule has 0 bridgehead atoms. The Labute approximate surface area is 308 Å². The van der Waals surface area contributed by atoms with Gasteiger partial charge >= 0.3 is 6.09 Å². The number of nitrogens with zero attached hydrogens (tertiary/aromatic N) is 6. The molecule has 0 radical (unpaired) electrons. The highest BCUT2D eigenvalue weighted by atomic mass is 32.1. The van der Waals surface area contributed by atoms with Crippen LogP contribution in [0, 0.1) is 17.7 Å². The summed E-state index contributed by atoms with van der Waals surface area (Å²) in [4.78, 5) is 47.8. The summed E-state index contributed by atoms with van der Waals surface area (Å²) < 4.78 is 43.0. The Morgan fingerprint density at radius 1 is 1.00 bits per heavy atom. The van der Waals surface area contributed by atoms with Crippen LogP contribution in [0.25, 0.3) is 22.0 Å². The van der Waals surface area contributed by atoms with Crippen molar-refractivity contribution >= 4 is 34.9 Å². The fourth-order valence-corrected chi connectivity index (χ4v) is 6.93. The lowest BCUT2D eigenvalue weighted by atomic mass is 9.93. The number of alkyl carbamates (subject to hydrolysis) is 1. The maximum absolute atomic E-state index is 14.9. The smallest absolute Gasteiger partial charge is 0.408 e. The first-order chi connectivity index (χ1) is 25.6. The van der Waals surface area contributed by atoms with Crippen molar-refractivity contribution in [3.63, 3.8) is 0 Å². The molecule has 16 heteroatoms. The summed E-state index contributed by atoms with van der Waals surface area (Å²) in [6.45, 7) is 6.50. The highest BCUT2D eigenvalue weighted by Crippen LogP contribution is 2.35. The molecule has 1 aliphatic rings. The van der Waals surface area contributed by atoms with Crippen LogP contribution in [-0.4, -0.2) is 66.2 Å². The fourth-order valence-electron chi connectivity index (χ4n) is 6.15. The van der Waals surface area contributed by atoms with Crippen LogP contribution in [0.4, 0.5) is 19.3 Å². The molecule has 0 unspecified atom stereocenters. The van der Waals surface area contributed by atoms with E-state index in [-0.39, 0.29) is 47.4 Å². The lowest BCUT2D eigenvalue weighted by Gasteiger charge is -2.28. The second-order valence-corrected chi connectivity index (χ2v) is 14.0. The summed E-state index contributed by atoms with van der Waals surface area (Å²) in [5, 5.41) is 16.2. The number of nitrogens with one attached hydrogen (secondary N) is 2. The van der Waals surface area contributed by atoms with Crippen LogP contribution in [0.2, 0.25) is 0 Å². The Hall–Kier alpha value is -5.35. The number of hydrogen-bond acceptors (Lipinski definition) is 10. The largest absolute Gasteiger partial charge is 0.445 e. The molecule has 1 aromatic carbocycles. The van der Waals surface area contributed by atoms with Crippen LogP contribution in [-0.2, 0) is 16.1 Å². The summed E-state index contributed by atoms with van der Waals surface area (Å²) in [7, 11) is 0. The maximum atomic E-state index is 14.9. The van der Waals surface area contributed by atoms with E-state index in [2.05, 4.69) is 30.8 Å². The van der Waals surface area contributed by atoms with E-state index in [9.17, 15) is 23.2 Å². The molecule has 6 rings (SSSR count). The third-order valence-electron chi connectivity index (χ3n) is 8.74. The molecule has 0 saturated heterocycles. The Kier molecular flexibility index (Phi) is 12.0. The first kappa shape index (κ1) is 37.4. The van der Waals surface area contributed by atoms with E-state index < -0.39 is 35.7 Å². The molecule has 4 heterocycles. The molecule has 278 valence electrons. The van der Waals surface area contributed by atoms with Gasteiger partial charge < -0.3 is 20.1 Å². The second kappa shape index (κ2) is 17.0.